The number of carboxylic acids is 1. The smallest absolute Gasteiger partial charge is 0.407 e. The molecule has 0 bridgehead atoms. The van der Waals surface area contributed by atoms with Gasteiger partial charge in [0.05, 0.1) is 10.6 Å². The highest BCUT2D eigenvalue weighted by atomic mass is 32.2. The number of hydrogen-bond donors (Lipinski definition) is 3. The summed E-state index contributed by atoms with van der Waals surface area (Å²) in [4.78, 5) is 27.8. The summed E-state index contributed by atoms with van der Waals surface area (Å²) in [7, 11) is -3.71. The number of carbonyl (C=O) groups is 2. The molecular weight excluding hydrogens is 496 g/mol. The summed E-state index contributed by atoms with van der Waals surface area (Å²) >= 11 is 0. The number of ether oxygens (including phenoxy) is 1. The van der Waals surface area contributed by atoms with Crippen LogP contribution in [0.2, 0.25) is 0 Å². The Balaban J connectivity index is 1.47. The maximum absolute atomic E-state index is 13.2. The van der Waals surface area contributed by atoms with Crippen molar-refractivity contribution in [3.8, 4) is 11.1 Å². The highest BCUT2D eigenvalue weighted by molar-refractivity contribution is 7.89. The van der Waals surface area contributed by atoms with Crippen LogP contribution >= 0.6 is 0 Å². The molecule has 1 saturated heterocycles. The summed E-state index contributed by atoms with van der Waals surface area (Å²) in [6.45, 7) is 6.26. The Morgan fingerprint density at radius 3 is 2.54 bits per heavy atom. The minimum Gasteiger partial charge on any atom is -0.478 e. The average Bonchev–Trinajstić information content (AvgIpc) is 2.94. The van der Waals surface area contributed by atoms with Crippen LogP contribution in [0.25, 0.3) is 17.2 Å². The van der Waals surface area contributed by atoms with E-state index in [-0.39, 0.29) is 28.6 Å². The molecule has 2 aliphatic heterocycles. The number of nitrogens with two attached hydrogens (primary N) is 1. The molecule has 0 atom stereocenters. The van der Waals surface area contributed by atoms with E-state index >= 15 is 0 Å². The molecule has 0 saturated carbocycles. The van der Waals surface area contributed by atoms with Gasteiger partial charge >= 0.3 is 12.1 Å². The molecule has 1 fully saturated rings. The van der Waals surface area contributed by atoms with E-state index in [2.05, 4.69) is 10.3 Å². The molecule has 37 heavy (non-hydrogen) atoms. The molecule has 0 radical (unpaired) electrons. The topological polar surface area (TPSA) is 151 Å². The van der Waals surface area contributed by atoms with Crippen LogP contribution in [0.3, 0.4) is 0 Å². The van der Waals surface area contributed by atoms with Crippen LogP contribution in [0, 0.1) is 5.92 Å². The zero-order valence-corrected chi connectivity index (χ0v) is 21.7. The number of aliphatic imine (C=N–C) groups is 1. The summed E-state index contributed by atoms with van der Waals surface area (Å²) in [6.07, 6.45) is 1.06. The molecule has 11 heteroatoms. The zero-order chi connectivity index (χ0) is 27.0. The van der Waals surface area contributed by atoms with E-state index in [1.165, 1.54) is 4.31 Å². The molecule has 0 spiro atoms. The van der Waals surface area contributed by atoms with E-state index in [0.29, 0.717) is 36.4 Å². The standard InChI is InChI=1S/C26H30N4O6S/c1-26(2,3)36-25(33)28-13-16-14-30(15-16)37(34,35)21-6-4-5-17(10-21)18-7-8-19-9-20(24(31)32)12-23(27)29-22(19)11-18/h4-11,16H,12-15H2,1-3H3,(H2,27,29)(H,28,33)(H,31,32). The van der Waals surface area contributed by atoms with E-state index in [1.807, 2.05) is 0 Å². The van der Waals surface area contributed by atoms with Crippen molar-refractivity contribution in [1.29, 1.82) is 0 Å². The first kappa shape index (κ1) is 26.4. The van der Waals surface area contributed by atoms with Gasteiger partial charge in [0.15, 0.2) is 0 Å². The largest absolute Gasteiger partial charge is 0.478 e. The van der Waals surface area contributed by atoms with Crippen molar-refractivity contribution in [1.82, 2.24) is 9.62 Å². The minimum absolute atomic E-state index is 0.00197. The van der Waals surface area contributed by atoms with Gasteiger partial charge < -0.3 is 20.9 Å². The summed E-state index contributed by atoms with van der Waals surface area (Å²) < 4.78 is 33.0. The van der Waals surface area contributed by atoms with Crippen molar-refractivity contribution in [3.05, 3.63) is 53.6 Å². The lowest BCUT2D eigenvalue weighted by molar-refractivity contribution is -0.132. The van der Waals surface area contributed by atoms with E-state index in [4.69, 9.17) is 10.5 Å². The number of rotatable bonds is 6. The Labute approximate surface area is 215 Å². The first-order chi connectivity index (χ1) is 17.3. The number of fused-ring (bicyclic) bond motifs is 1. The quantitative estimate of drug-likeness (QED) is 0.522. The number of amides is 1. The lowest BCUT2D eigenvalue weighted by Crippen LogP contribution is -2.53. The first-order valence-corrected chi connectivity index (χ1v) is 13.2. The van der Waals surface area contributed by atoms with Gasteiger partial charge in [-0.2, -0.15) is 4.31 Å². The Kier molecular flexibility index (Phi) is 7.11. The van der Waals surface area contributed by atoms with Gasteiger partial charge in [-0.3, -0.25) is 0 Å². The Morgan fingerprint density at radius 2 is 1.86 bits per heavy atom. The number of carbonyl (C=O) groups excluding carboxylic acids is 1. The van der Waals surface area contributed by atoms with Crippen molar-refractivity contribution >= 4 is 39.7 Å². The lowest BCUT2D eigenvalue weighted by Gasteiger charge is -2.38. The number of nitrogens with zero attached hydrogens (tertiary/aromatic N) is 2. The number of alkyl carbamates (subject to hydrolysis) is 1. The van der Waals surface area contributed by atoms with Gasteiger partial charge in [-0.15, -0.1) is 0 Å². The second kappa shape index (κ2) is 9.98. The Morgan fingerprint density at radius 1 is 1.16 bits per heavy atom. The van der Waals surface area contributed by atoms with E-state index in [0.717, 1.165) is 5.56 Å². The average molecular weight is 527 g/mol. The molecule has 4 N–H and O–H groups in total. The predicted molar refractivity (Wildman–Crippen MR) is 140 cm³/mol. The molecule has 10 nitrogen and oxygen atoms in total. The summed E-state index contributed by atoms with van der Waals surface area (Å²) in [5.41, 5.74) is 8.00. The molecule has 1 amide bonds. The molecule has 196 valence electrons. The lowest BCUT2D eigenvalue weighted by atomic mass is 10.0. The first-order valence-electron chi connectivity index (χ1n) is 11.8. The van der Waals surface area contributed by atoms with Gasteiger partial charge in [-0.05, 0) is 56.2 Å². The van der Waals surface area contributed by atoms with Gasteiger partial charge in [0.2, 0.25) is 10.0 Å². The van der Waals surface area contributed by atoms with Gasteiger partial charge in [0.1, 0.15) is 11.4 Å². The van der Waals surface area contributed by atoms with E-state index < -0.39 is 27.7 Å². The molecule has 0 aromatic heterocycles. The summed E-state index contributed by atoms with van der Waals surface area (Å²) in [5.74, 6) is -0.863. The van der Waals surface area contributed by atoms with E-state index in [9.17, 15) is 23.1 Å². The van der Waals surface area contributed by atoms with Crippen molar-refractivity contribution in [2.24, 2.45) is 16.6 Å². The van der Waals surface area contributed by atoms with Crippen molar-refractivity contribution < 1.29 is 27.9 Å². The third-order valence-corrected chi connectivity index (χ3v) is 7.76. The van der Waals surface area contributed by atoms with E-state index in [1.54, 1.807) is 69.3 Å². The van der Waals surface area contributed by atoms with Gasteiger partial charge in [-0.1, -0.05) is 24.3 Å². The third kappa shape index (κ3) is 6.17. The van der Waals surface area contributed by atoms with Crippen LogP contribution in [0.5, 0.6) is 0 Å². The molecule has 2 aliphatic rings. The zero-order valence-electron chi connectivity index (χ0n) is 20.9. The monoisotopic (exact) mass is 526 g/mol. The molecule has 2 heterocycles. The number of nitrogens with one attached hydrogen (secondary N) is 1. The second-order valence-corrected chi connectivity index (χ2v) is 12.1. The Bertz CT molecular complexity index is 1400. The van der Waals surface area contributed by atoms with Crippen LogP contribution in [0.1, 0.15) is 32.8 Å². The minimum atomic E-state index is -3.71. The SMILES string of the molecule is CC(C)(C)OC(=O)NCC1CN(S(=O)(=O)c2cccc(-c3ccc4c(c3)N=C(N)CC(C(=O)O)=C4)c2)C1. The number of amidine groups is 1. The number of carboxylic acid groups (broad SMARTS) is 1. The molecule has 4 rings (SSSR count). The fourth-order valence-electron chi connectivity index (χ4n) is 4.08. The molecule has 0 unspecified atom stereocenters. The fourth-order valence-corrected chi connectivity index (χ4v) is 5.72. The van der Waals surface area contributed by atoms with Gasteiger partial charge in [-0.25, -0.2) is 23.0 Å². The van der Waals surface area contributed by atoms with Crippen LogP contribution in [0.15, 0.2) is 57.9 Å². The molecular formula is C26H30N4O6S. The van der Waals surface area contributed by atoms with Gasteiger partial charge in [0.25, 0.3) is 0 Å². The Hall–Kier alpha value is -3.70. The van der Waals surface area contributed by atoms with Crippen molar-refractivity contribution in [2.75, 3.05) is 19.6 Å². The maximum Gasteiger partial charge on any atom is 0.407 e. The van der Waals surface area contributed by atoms with Crippen LogP contribution in [0.4, 0.5) is 10.5 Å². The van der Waals surface area contributed by atoms with Crippen molar-refractivity contribution in [2.45, 2.75) is 37.7 Å². The highest BCUT2D eigenvalue weighted by Gasteiger charge is 2.37. The third-order valence-electron chi connectivity index (χ3n) is 5.93. The maximum atomic E-state index is 13.2. The number of sulfonamides is 1. The van der Waals surface area contributed by atoms with Crippen LogP contribution in [-0.2, 0) is 19.6 Å². The highest BCUT2D eigenvalue weighted by Crippen LogP contribution is 2.33. The normalized spacial score (nSPS) is 16.5. The predicted octanol–water partition coefficient (Wildman–Crippen LogP) is 3.36. The van der Waals surface area contributed by atoms with Crippen LogP contribution in [-0.4, -0.2) is 61.0 Å². The van der Waals surface area contributed by atoms with Gasteiger partial charge in [0, 0.05) is 43.1 Å². The number of hydrogen-bond acceptors (Lipinski definition) is 7. The number of aliphatic carboxylic acids is 1. The van der Waals surface area contributed by atoms with Crippen LogP contribution < -0.4 is 11.1 Å². The summed E-state index contributed by atoms with van der Waals surface area (Å²) in [5, 5.41) is 12.0. The molecule has 0 aliphatic carbocycles. The summed E-state index contributed by atoms with van der Waals surface area (Å²) in [6, 6.07) is 11.9. The second-order valence-electron chi connectivity index (χ2n) is 10.1. The molecule has 2 aromatic rings. The fraction of sp³-hybridized carbons (Fsp3) is 0.346. The van der Waals surface area contributed by atoms with Crippen molar-refractivity contribution in [3.63, 3.8) is 0 Å². The molecule has 2 aromatic carbocycles. The number of benzene rings is 2.